The molecular weight excluding hydrogens is 225 g/mol. The van der Waals surface area contributed by atoms with Crippen LogP contribution in [0, 0.1) is 0 Å². The normalized spacial score (nSPS) is 11.3. The minimum atomic E-state index is -1.05. The van der Waals surface area contributed by atoms with Crippen molar-refractivity contribution >= 4 is 35.8 Å². The third-order valence-corrected chi connectivity index (χ3v) is 1.79. The first-order chi connectivity index (χ1) is 6.13. The summed E-state index contributed by atoms with van der Waals surface area (Å²) in [5, 5.41) is 8.84. The van der Waals surface area contributed by atoms with Crippen LogP contribution in [0.2, 0.25) is 0 Å². The fourth-order valence-electron chi connectivity index (χ4n) is 1.06. The summed E-state index contributed by atoms with van der Waals surface area (Å²) in [5.74, 6) is 0. The Morgan fingerprint density at radius 2 is 1.93 bits per heavy atom. The molecule has 0 heterocycles. The van der Waals surface area contributed by atoms with Crippen LogP contribution >= 0.6 is 24.0 Å². The summed E-state index contributed by atoms with van der Waals surface area (Å²) < 4.78 is 0. The van der Waals surface area contributed by atoms with Gasteiger partial charge in [-0.15, -0.1) is 12.4 Å². The van der Waals surface area contributed by atoms with Gasteiger partial charge in [0.05, 0.1) is 0 Å². The highest BCUT2D eigenvalue weighted by Gasteiger charge is 2.18. The van der Waals surface area contributed by atoms with E-state index in [-0.39, 0.29) is 12.4 Å². The lowest BCUT2D eigenvalue weighted by molar-refractivity contribution is 0.201. The van der Waals surface area contributed by atoms with E-state index in [4.69, 9.17) is 16.7 Å². The minimum absolute atomic E-state index is 0. The Balaban J connectivity index is 0.00000169. The van der Waals surface area contributed by atoms with Crippen molar-refractivity contribution in [2.75, 3.05) is 4.90 Å². The Kier molecular flexibility index (Phi) is 5.35. The summed E-state index contributed by atoms with van der Waals surface area (Å²) in [7, 11) is 0. The molecule has 5 heteroatoms. The summed E-state index contributed by atoms with van der Waals surface area (Å²) in [6, 6.07) is 8.76. The van der Waals surface area contributed by atoms with Crippen LogP contribution in [0.25, 0.3) is 0 Å². The molecule has 1 atom stereocenters. The molecule has 78 valence electrons. The van der Waals surface area contributed by atoms with Gasteiger partial charge in [-0.25, -0.2) is 4.79 Å². The first-order valence-corrected chi connectivity index (χ1v) is 4.28. The molecule has 1 aromatic rings. The Morgan fingerprint density at radius 1 is 1.43 bits per heavy atom. The number of benzene rings is 1. The van der Waals surface area contributed by atoms with Crippen molar-refractivity contribution in [1.82, 2.24) is 0 Å². The molecule has 0 aromatic heterocycles. The van der Waals surface area contributed by atoms with Crippen LogP contribution in [0.15, 0.2) is 30.3 Å². The van der Waals surface area contributed by atoms with Gasteiger partial charge in [-0.2, -0.15) is 0 Å². The number of amides is 1. The molecule has 0 radical (unpaired) electrons. The largest absolute Gasteiger partial charge is 0.465 e. The second kappa shape index (κ2) is 5.73. The fraction of sp³-hybridized carbons (Fsp3) is 0.222. The summed E-state index contributed by atoms with van der Waals surface area (Å²) in [5.41, 5.74) is 0.0115. The van der Waals surface area contributed by atoms with Crippen molar-refractivity contribution in [3.05, 3.63) is 30.3 Å². The number of carboxylic acid groups (broad SMARTS) is 1. The van der Waals surface area contributed by atoms with E-state index in [1.54, 1.807) is 31.2 Å². The van der Waals surface area contributed by atoms with Gasteiger partial charge < -0.3 is 5.11 Å². The van der Waals surface area contributed by atoms with E-state index >= 15 is 0 Å². The van der Waals surface area contributed by atoms with Crippen molar-refractivity contribution in [3.63, 3.8) is 0 Å². The van der Waals surface area contributed by atoms with Crippen LogP contribution in [0.5, 0.6) is 0 Å². The van der Waals surface area contributed by atoms with Gasteiger partial charge in [0, 0.05) is 5.69 Å². The molecule has 1 N–H and O–H groups in total. The SMILES string of the molecule is CC(Cl)N(C(=O)O)c1ccccc1.Cl. The number of hydrogen-bond donors (Lipinski definition) is 1. The van der Waals surface area contributed by atoms with Gasteiger partial charge in [0.25, 0.3) is 0 Å². The van der Waals surface area contributed by atoms with Crippen LogP contribution in [0.4, 0.5) is 10.5 Å². The molecule has 14 heavy (non-hydrogen) atoms. The summed E-state index contributed by atoms with van der Waals surface area (Å²) in [4.78, 5) is 11.9. The molecule has 1 unspecified atom stereocenters. The second-order valence-electron chi connectivity index (χ2n) is 2.56. The lowest BCUT2D eigenvalue weighted by Gasteiger charge is -2.21. The number of para-hydroxylation sites is 1. The molecule has 3 nitrogen and oxygen atoms in total. The van der Waals surface area contributed by atoms with Gasteiger partial charge in [-0.3, -0.25) is 4.90 Å². The summed E-state index contributed by atoms with van der Waals surface area (Å²) in [6.07, 6.45) is -1.05. The van der Waals surface area contributed by atoms with E-state index in [0.29, 0.717) is 5.69 Å². The van der Waals surface area contributed by atoms with Crippen molar-refractivity contribution in [1.29, 1.82) is 0 Å². The van der Waals surface area contributed by atoms with Gasteiger partial charge in [0.1, 0.15) is 5.50 Å². The Labute approximate surface area is 93.7 Å². The van der Waals surface area contributed by atoms with Gasteiger partial charge in [-0.05, 0) is 19.1 Å². The quantitative estimate of drug-likeness (QED) is 0.632. The van der Waals surface area contributed by atoms with Crippen LogP contribution in [0.3, 0.4) is 0 Å². The van der Waals surface area contributed by atoms with E-state index in [1.807, 2.05) is 6.07 Å². The van der Waals surface area contributed by atoms with Crippen LogP contribution in [0.1, 0.15) is 6.92 Å². The highest BCUT2D eigenvalue weighted by Crippen LogP contribution is 2.18. The van der Waals surface area contributed by atoms with E-state index in [1.165, 1.54) is 0 Å². The molecule has 1 rings (SSSR count). The lowest BCUT2D eigenvalue weighted by Crippen LogP contribution is -2.34. The van der Waals surface area contributed by atoms with Gasteiger partial charge >= 0.3 is 6.09 Å². The van der Waals surface area contributed by atoms with Crippen molar-refractivity contribution < 1.29 is 9.90 Å². The maximum Gasteiger partial charge on any atom is 0.413 e. The predicted octanol–water partition coefficient (Wildman–Crippen LogP) is 3.18. The molecule has 0 aliphatic heterocycles. The van der Waals surface area contributed by atoms with E-state index in [2.05, 4.69) is 0 Å². The predicted molar refractivity (Wildman–Crippen MR) is 59.5 cm³/mol. The highest BCUT2D eigenvalue weighted by atomic mass is 35.5. The van der Waals surface area contributed by atoms with Crippen LogP contribution < -0.4 is 4.90 Å². The Morgan fingerprint density at radius 3 is 2.29 bits per heavy atom. The number of nitrogens with zero attached hydrogens (tertiary/aromatic N) is 1. The zero-order chi connectivity index (χ0) is 9.84. The molecule has 0 saturated carbocycles. The number of hydrogen-bond acceptors (Lipinski definition) is 1. The Bertz CT molecular complexity index is 290. The first kappa shape index (κ1) is 13.1. The van der Waals surface area contributed by atoms with Crippen LogP contribution in [-0.4, -0.2) is 16.7 Å². The molecular formula is C9H11Cl2NO2. The maximum atomic E-state index is 10.8. The number of carbonyl (C=O) groups is 1. The topological polar surface area (TPSA) is 40.5 Å². The third kappa shape index (κ3) is 3.09. The lowest BCUT2D eigenvalue weighted by atomic mass is 10.3. The molecule has 1 amide bonds. The molecule has 0 saturated heterocycles. The zero-order valence-electron chi connectivity index (χ0n) is 7.55. The van der Waals surface area contributed by atoms with Crippen molar-refractivity contribution in [2.24, 2.45) is 0 Å². The number of rotatable bonds is 2. The monoisotopic (exact) mass is 235 g/mol. The van der Waals surface area contributed by atoms with Crippen LogP contribution in [-0.2, 0) is 0 Å². The third-order valence-electron chi connectivity index (χ3n) is 1.60. The van der Waals surface area contributed by atoms with Crippen molar-refractivity contribution in [2.45, 2.75) is 12.4 Å². The second-order valence-corrected chi connectivity index (χ2v) is 3.19. The van der Waals surface area contributed by atoms with Gasteiger partial charge in [-0.1, -0.05) is 29.8 Å². The first-order valence-electron chi connectivity index (χ1n) is 3.84. The molecule has 0 aliphatic rings. The average Bonchev–Trinajstić information content (AvgIpc) is 2.04. The number of anilines is 1. The zero-order valence-corrected chi connectivity index (χ0v) is 9.13. The van der Waals surface area contributed by atoms with Crippen molar-refractivity contribution in [3.8, 4) is 0 Å². The van der Waals surface area contributed by atoms with Gasteiger partial charge in [0.2, 0.25) is 0 Å². The summed E-state index contributed by atoms with van der Waals surface area (Å²) >= 11 is 5.72. The number of alkyl halides is 1. The van der Waals surface area contributed by atoms with Gasteiger partial charge in [0.15, 0.2) is 0 Å². The molecule has 0 aliphatic carbocycles. The smallest absolute Gasteiger partial charge is 0.413 e. The van der Waals surface area contributed by atoms with E-state index in [0.717, 1.165) is 4.90 Å². The molecule has 0 fully saturated rings. The maximum absolute atomic E-state index is 10.8. The highest BCUT2D eigenvalue weighted by molar-refractivity contribution is 6.23. The molecule has 1 aromatic carbocycles. The molecule has 0 spiro atoms. The Hall–Kier alpha value is -0.930. The average molecular weight is 236 g/mol. The standard InChI is InChI=1S/C9H10ClNO2.ClH/c1-7(10)11(9(12)13)8-5-3-2-4-6-8;/h2-7H,1H3,(H,12,13);1H. The number of halogens is 2. The van der Waals surface area contributed by atoms with E-state index < -0.39 is 11.6 Å². The fourth-order valence-corrected chi connectivity index (χ4v) is 1.25. The van der Waals surface area contributed by atoms with E-state index in [9.17, 15) is 4.79 Å². The molecule has 0 bridgehead atoms. The summed E-state index contributed by atoms with van der Waals surface area (Å²) in [6.45, 7) is 1.61. The minimum Gasteiger partial charge on any atom is -0.465 e.